The van der Waals surface area contributed by atoms with Gasteiger partial charge < -0.3 is 5.73 Å². The zero-order valence-electron chi connectivity index (χ0n) is 7.24. The number of thiophene rings is 1. The number of rotatable bonds is 3. The van der Waals surface area contributed by atoms with Gasteiger partial charge in [0.2, 0.25) is 0 Å². The fourth-order valence-corrected chi connectivity index (χ4v) is 3.66. The third kappa shape index (κ3) is 2.03. The molecule has 0 aromatic carbocycles. The third-order valence-corrected chi connectivity index (χ3v) is 4.61. The summed E-state index contributed by atoms with van der Waals surface area (Å²) in [6.45, 7) is 0.625. The van der Waals surface area contributed by atoms with Gasteiger partial charge in [-0.2, -0.15) is 0 Å². The molecule has 14 heavy (non-hydrogen) atoms. The predicted molar refractivity (Wildman–Crippen MR) is 63.7 cm³/mol. The van der Waals surface area contributed by atoms with Crippen molar-refractivity contribution < 1.29 is 0 Å². The number of nitrogens with two attached hydrogens (primary N) is 1. The zero-order chi connectivity index (χ0) is 9.97. The highest BCUT2D eigenvalue weighted by Crippen LogP contribution is 2.35. The lowest BCUT2D eigenvalue weighted by Crippen LogP contribution is -2.01. The fraction of sp³-hybridized carbons (Fsp3) is 0.250. The monoisotopic (exact) mass is 289 g/mol. The topological polar surface area (TPSA) is 51.8 Å². The molecule has 2 rings (SSSR count). The molecule has 2 aromatic rings. The van der Waals surface area contributed by atoms with Gasteiger partial charge in [-0.15, -0.1) is 21.5 Å². The number of halogens is 1. The summed E-state index contributed by atoms with van der Waals surface area (Å²) in [4.78, 5) is 1.14. The molecule has 0 radical (unpaired) electrons. The zero-order valence-corrected chi connectivity index (χ0v) is 10.5. The lowest BCUT2D eigenvalue weighted by Gasteiger charge is -1.88. The van der Waals surface area contributed by atoms with Crippen LogP contribution in [0.5, 0.6) is 0 Å². The predicted octanol–water partition coefficient (Wildman–Crippen LogP) is 2.53. The maximum Gasteiger partial charge on any atom is 0.158 e. The molecule has 74 valence electrons. The van der Waals surface area contributed by atoms with Crippen molar-refractivity contribution in [3.63, 3.8) is 0 Å². The molecule has 0 saturated carbocycles. The van der Waals surface area contributed by atoms with Crippen LogP contribution < -0.4 is 5.73 Å². The summed E-state index contributed by atoms with van der Waals surface area (Å²) in [5.41, 5.74) is 5.45. The number of hydrogen-bond acceptors (Lipinski definition) is 5. The molecule has 0 amide bonds. The first-order chi connectivity index (χ1) is 6.81. The van der Waals surface area contributed by atoms with E-state index < -0.39 is 0 Å². The second-order valence-corrected chi connectivity index (χ2v) is 5.47. The van der Waals surface area contributed by atoms with Crippen molar-refractivity contribution in [3.05, 3.63) is 20.9 Å². The van der Waals surface area contributed by atoms with Crippen molar-refractivity contribution in [2.75, 3.05) is 6.54 Å². The summed E-state index contributed by atoms with van der Waals surface area (Å²) >= 11 is 6.75. The Bertz CT molecular complexity index is 424. The second kappa shape index (κ2) is 4.48. The molecule has 0 aliphatic carbocycles. The van der Waals surface area contributed by atoms with Crippen molar-refractivity contribution in [1.82, 2.24) is 10.2 Å². The Balaban J connectivity index is 2.29. The summed E-state index contributed by atoms with van der Waals surface area (Å²) in [5.74, 6) is 0. The number of nitrogens with zero attached hydrogens (tertiary/aromatic N) is 2. The van der Waals surface area contributed by atoms with Gasteiger partial charge in [0.1, 0.15) is 5.01 Å². The van der Waals surface area contributed by atoms with Crippen molar-refractivity contribution in [2.45, 2.75) is 6.42 Å². The van der Waals surface area contributed by atoms with E-state index in [1.165, 1.54) is 0 Å². The van der Waals surface area contributed by atoms with E-state index in [4.69, 9.17) is 5.73 Å². The van der Waals surface area contributed by atoms with E-state index >= 15 is 0 Å². The van der Waals surface area contributed by atoms with Gasteiger partial charge in [0.05, 0.1) is 4.88 Å². The van der Waals surface area contributed by atoms with Crippen LogP contribution in [0.3, 0.4) is 0 Å². The Kier molecular flexibility index (Phi) is 3.27. The Morgan fingerprint density at radius 1 is 1.43 bits per heavy atom. The molecule has 0 aliphatic heterocycles. The summed E-state index contributed by atoms with van der Waals surface area (Å²) in [6, 6.07) is 2.02. The van der Waals surface area contributed by atoms with E-state index in [0.29, 0.717) is 6.54 Å². The van der Waals surface area contributed by atoms with Crippen molar-refractivity contribution in [2.24, 2.45) is 5.73 Å². The van der Waals surface area contributed by atoms with E-state index in [2.05, 4.69) is 26.1 Å². The van der Waals surface area contributed by atoms with Gasteiger partial charge >= 0.3 is 0 Å². The van der Waals surface area contributed by atoms with Crippen LogP contribution in [0.15, 0.2) is 15.9 Å². The average Bonchev–Trinajstić information content (AvgIpc) is 2.74. The van der Waals surface area contributed by atoms with E-state index in [9.17, 15) is 0 Å². The summed E-state index contributed by atoms with van der Waals surface area (Å²) in [7, 11) is 0. The SMILES string of the molecule is NCCc1nnc(-c2sccc2Br)s1. The van der Waals surface area contributed by atoms with Crippen LogP contribution in [-0.4, -0.2) is 16.7 Å². The Hall–Kier alpha value is -0.300. The molecular formula is C8H8BrN3S2. The molecule has 0 atom stereocenters. The van der Waals surface area contributed by atoms with E-state index in [1.54, 1.807) is 22.7 Å². The largest absolute Gasteiger partial charge is 0.330 e. The minimum absolute atomic E-state index is 0.625. The van der Waals surface area contributed by atoms with Crippen LogP contribution in [0.1, 0.15) is 5.01 Å². The number of aromatic nitrogens is 2. The van der Waals surface area contributed by atoms with Crippen molar-refractivity contribution >= 4 is 38.6 Å². The normalized spacial score (nSPS) is 10.7. The van der Waals surface area contributed by atoms with E-state index in [0.717, 1.165) is 25.8 Å². The Labute approximate surface area is 98.1 Å². The van der Waals surface area contributed by atoms with Gasteiger partial charge in [-0.3, -0.25) is 0 Å². The van der Waals surface area contributed by atoms with E-state index in [-0.39, 0.29) is 0 Å². The first-order valence-electron chi connectivity index (χ1n) is 4.07. The quantitative estimate of drug-likeness (QED) is 0.945. The first-order valence-corrected chi connectivity index (χ1v) is 6.56. The Morgan fingerprint density at radius 3 is 2.93 bits per heavy atom. The molecule has 0 fully saturated rings. The molecule has 0 unspecified atom stereocenters. The van der Waals surface area contributed by atoms with Crippen LogP contribution in [0.2, 0.25) is 0 Å². The van der Waals surface area contributed by atoms with Crippen LogP contribution in [-0.2, 0) is 6.42 Å². The minimum atomic E-state index is 0.625. The molecule has 0 saturated heterocycles. The molecule has 0 spiro atoms. The van der Waals surface area contributed by atoms with Gasteiger partial charge in [-0.1, -0.05) is 11.3 Å². The standard InChI is InChI=1S/C8H8BrN3S2/c9-5-2-4-13-7(5)8-12-11-6(14-8)1-3-10/h2,4H,1,3,10H2. The molecule has 2 heterocycles. The molecule has 0 bridgehead atoms. The summed E-state index contributed by atoms with van der Waals surface area (Å²) in [5, 5.41) is 12.2. The maximum absolute atomic E-state index is 5.45. The highest BCUT2D eigenvalue weighted by atomic mass is 79.9. The lowest BCUT2D eigenvalue weighted by molar-refractivity contribution is 0.914. The molecule has 6 heteroatoms. The lowest BCUT2D eigenvalue weighted by atomic mass is 10.5. The molecule has 0 aliphatic rings. The second-order valence-electron chi connectivity index (χ2n) is 2.64. The molecule has 3 nitrogen and oxygen atoms in total. The van der Waals surface area contributed by atoms with Gasteiger partial charge in [0.25, 0.3) is 0 Å². The smallest absolute Gasteiger partial charge is 0.158 e. The Morgan fingerprint density at radius 2 is 2.29 bits per heavy atom. The fourth-order valence-electron chi connectivity index (χ4n) is 1.02. The van der Waals surface area contributed by atoms with Crippen molar-refractivity contribution in [3.8, 4) is 9.88 Å². The first kappa shape index (κ1) is 10.2. The highest BCUT2D eigenvalue weighted by molar-refractivity contribution is 9.10. The summed E-state index contributed by atoms with van der Waals surface area (Å²) < 4.78 is 1.08. The van der Waals surface area contributed by atoms with E-state index in [1.807, 2.05) is 11.4 Å². The maximum atomic E-state index is 5.45. The minimum Gasteiger partial charge on any atom is -0.330 e. The van der Waals surface area contributed by atoms with Crippen LogP contribution in [0, 0.1) is 0 Å². The van der Waals surface area contributed by atoms with Crippen LogP contribution in [0.25, 0.3) is 9.88 Å². The van der Waals surface area contributed by atoms with Crippen molar-refractivity contribution in [1.29, 1.82) is 0 Å². The van der Waals surface area contributed by atoms with Gasteiger partial charge in [0.15, 0.2) is 5.01 Å². The summed E-state index contributed by atoms with van der Waals surface area (Å²) in [6.07, 6.45) is 0.806. The van der Waals surface area contributed by atoms with Gasteiger partial charge in [0, 0.05) is 10.9 Å². The van der Waals surface area contributed by atoms with Crippen LogP contribution >= 0.6 is 38.6 Å². The number of hydrogen-bond donors (Lipinski definition) is 1. The van der Waals surface area contributed by atoms with Crippen LogP contribution in [0.4, 0.5) is 0 Å². The molecular weight excluding hydrogens is 282 g/mol. The highest BCUT2D eigenvalue weighted by Gasteiger charge is 2.10. The van der Waals surface area contributed by atoms with Gasteiger partial charge in [-0.05, 0) is 33.9 Å². The third-order valence-electron chi connectivity index (χ3n) is 1.64. The van der Waals surface area contributed by atoms with Gasteiger partial charge in [-0.25, -0.2) is 0 Å². The molecule has 2 N–H and O–H groups in total. The average molecular weight is 290 g/mol. The molecule has 2 aromatic heterocycles.